The Balaban J connectivity index is 2.69. The zero-order valence-electron chi connectivity index (χ0n) is 6.89. The van der Waals surface area contributed by atoms with E-state index in [1.54, 1.807) is 0 Å². The van der Waals surface area contributed by atoms with Gasteiger partial charge < -0.3 is 11.5 Å². The molecule has 66 valence electrons. The van der Waals surface area contributed by atoms with Gasteiger partial charge in [-0.05, 0) is 53.0 Å². The molecule has 0 amide bonds. The second kappa shape index (κ2) is 4.48. The molecule has 1 aromatic carbocycles. The first-order valence-electron chi connectivity index (χ1n) is 3.98. The van der Waals surface area contributed by atoms with Crippen molar-refractivity contribution >= 4 is 21.6 Å². The van der Waals surface area contributed by atoms with E-state index >= 15 is 0 Å². The second-order valence-corrected chi connectivity index (χ2v) is 3.60. The third-order valence-corrected chi connectivity index (χ3v) is 2.45. The van der Waals surface area contributed by atoms with Crippen LogP contribution in [0, 0.1) is 0 Å². The molecule has 0 bridgehead atoms. The van der Waals surface area contributed by atoms with Gasteiger partial charge >= 0.3 is 0 Å². The number of halogens is 1. The molecule has 4 N–H and O–H groups in total. The Morgan fingerprint density at radius 3 is 2.67 bits per heavy atom. The number of nitrogens with two attached hydrogens (primary N) is 2. The van der Waals surface area contributed by atoms with Crippen molar-refractivity contribution in [3.63, 3.8) is 0 Å². The molecule has 1 rings (SSSR count). The summed E-state index contributed by atoms with van der Waals surface area (Å²) in [6.07, 6.45) is 2.02. The number of rotatable bonds is 3. The van der Waals surface area contributed by atoms with E-state index in [2.05, 4.69) is 22.0 Å². The number of nitrogen functional groups attached to an aromatic ring is 1. The molecule has 0 aliphatic carbocycles. The van der Waals surface area contributed by atoms with E-state index in [4.69, 9.17) is 11.5 Å². The number of benzene rings is 1. The highest BCUT2D eigenvalue weighted by molar-refractivity contribution is 9.10. The van der Waals surface area contributed by atoms with Crippen molar-refractivity contribution in [3.8, 4) is 0 Å². The predicted octanol–water partition coefficient (Wildman–Crippen LogP) is 1.92. The Hall–Kier alpha value is -0.540. The van der Waals surface area contributed by atoms with Gasteiger partial charge in [-0.15, -0.1) is 0 Å². The van der Waals surface area contributed by atoms with Crippen LogP contribution in [0.25, 0.3) is 0 Å². The topological polar surface area (TPSA) is 52.0 Å². The van der Waals surface area contributed by atoms with E-state index < -0.39 is 0 Å². The highest BCUT2D eigenvalue weighted by Crippen LogP contribution is 2.20. The summed E-state index contributed by atoms with van der Waals surface area (Å²) >= 11 is 3.35. The maximum absolute atomic E-state index is 5.71. The van der Waals surface area contributed by atoms with Gasteiger partial charge in [-0.25, -0.2) is 0 Å². The van der Waals surface area contributed by atoms with Crippen LogP contribution < -0.4 is 11.5 Å². The van der Waals surface area contributed by atoms with E-state index in [9.17, 15) is 0 Å². The first kappa shape index (κ1) is 9.55. The first-order valence-corrected chi connectivity index (χ1v) is 4.77. The summed E-state index contributed by atoms with van der Waals surface area (Å²) in [5.41, 5.74) is 13.2. The van der Waals surface area contributed by atoms with Crippen LogP contribution >= 0.6 is 15.9 Å². The van der Waals surface area contributed by atoms with Crippen molar-refractivity contribution in [2.75, 3.05) is 12.3 Å². The Morgan fingerprint density at radius 1 is 1.33 bits per heavy atom. The smallest absolute Gasteiger partial charge is 0.0461 e. The molecule has 0 radical (unpaired) electrons. The Morgan fingerprint density at radius 2 is 2.08 bits per heavy atom. The summed E-state index contributed by atoms with van der Waals surface area (Å²) in [6.45, 7) is 0.732. The number of hydrogen-bond acceptors (Lipinski definition) is 2. The van der Waals surface area contributed by atoms with E-state index in [0.29, 0.717) is 0 Å². The fourth-order valence-corrected chi connectivity index (χ4v) is 1.30. The van der Waals surface area contributed by atoms with Crippen LogP contribution in [-0.2, 0) is 6.42 Å². The lowest BCUT2D eigenvalue weighted by Gasteiger charge is -2.02. The second-order valence-electron chi connectivity index (χ2n) is 2.75. The molecule has 0 saturated heterocycles. The van der Waals surface area contributed by atoms with E-state index in [1.807, 2.05) is 12.1 Å². The average Bonchev–Trinajstić information content (AvgIpc) is 2.07. The Kier molecular flexibility index (Phi) is 3.56. The lowest BCUT2D eigenvalue weighted by Crippen LogP contribution is -2.00. The van der Waals surface area contributed by atoms with Gasteiger partial charge in [0.15, 0.2) is 0 Å². The molecular formula is C9H13BrN2. The van der Waals surface area contributed by atoms with E-state index in [0.717, 1.165) is 29.5 Å². The molecule has 1 aromatic rings. The zero-order valence-corrected chi connectivity index (χ0v) is 8.47. The maximum Gasteiger partial charge on any atom is 0.0461 e. The van der Waals surface area contributed by atoms with Crippen molar-refractivity contribution < 1.29 is 0 Å². The molecule has 0 fully saturated rings. The van der Waals surface area contributed by atoms with Gasteiger partial charge in [-0.2, -0.15) is 0 Å². The first-order chi connectivity index (χ1) is 5.74. The van der Waals surface area contributed by atoms with Crippen LogP contribution in [0.4, 0.5) is 5.69 Å². The van der Waals surface area contributed by atoms with Gasteiger partial charge in [0.05, 0.1) is 0 Å². The lowest BCUT2D eigenvalue weighted by atomic mass is 10.1. The van der Waals surface area contributed by atoms with Gasteiger partial charge in [-0.1, -0.05) is 6.07 Å². The normalized spacial score (nSPS) is 10.2. The van der Waals surface area contributed by atoms with Crippen molar-refractivity contribution in [2.24, 2.45) is 5.73 Å². The molecule has 0 atom stereocenters. The highest BCUT2D eigenvalue weighted by atomic mass is 79.9. The summed E-state index contributed by atoms with van der Waals surface area (Å²) < 4.78 is 0.957. The lowest BCUT2D eigenvalue weighted by molar-refractivity contribution is 0.833. The van der Waals surface area contributed by atoms with Gasteiger partial charge in [-0.3, -0.25) is 0 Å². The van der Waals surface area contributed by atoms with Gasteiger partial charge in [0.2, 0.25) is 0 Å². The molecule has 12 heavy (non-hydrogen) atoms. The minimum Gasteiger partial charge on any atom is -0.398 e. The van der Waals surface area contributed by atoms with Crippen molar-refractivity contribution in [3.05, 3.63) is 28.2 Å². The molecular weight excluding hydrogens is 216 g/mol. The molecule has 0 unspecified atom stereocenters. The van der Waals surface area contributed by atoms with E-state index in [1.165, 1.54) is 5.56 Å². The quantitative estimate of drug-likeness (QED) is 0.778. The molecule has 0 aliphatic rings. The molecule has 0 spiro atoms. The summed E-state index contributed by atoms with van der Waals surface area (Å²) in [7, 11) is 0. The molecule has 0 saturated carbocycles. The van der Waals surface area contributed by atoms with Crippen molar-refractivity contribution in [2.45, 2.75) is 12.8 Å². The standard InChI is InChI=1S/C9H13BrN2/c10-8-4-3-7(2-1-5-11)6-9(8)12/h3-4,6H,1-2,5,11-12H2. The largest absolute Gasteiger partial charge is 0.398 e. The minimum atomic E-state index is 0.732. The maximum atomic E-state index is 5.71. The summed E-state index contributed by atoms with van der Waals surface area (Å²) in [4.78, 5) is 0. The van der Waals surface area contributed by atoms with Gasteiger partial charge in [0.1, 0.15) is 0 Å². The summed E-state index contributed by atoms with van der Waals surface area (Å²) in [5.74, 6) is 0. The number of anilines is 1. The monoisotopic (exact) mass is 228 g/mol. The van der Waals surface area contributed by atoms with Crippen molar-refractivity contribution in [1.29, 1.82) is 0 Å². The van der Waals surface area contributed by atoms with Crippen LogP contribution in [0.2, 0.25) is 0 Å². The SMILES string of the molecule is NCCCc1ccc(Br)c(N)c1. The van der Waals surface area contributed by atoms with Crippen LogP contribution in [0.1, 0.15) is 12.0 Å². The Labute approximate surface area is 81.1 Å². The fourth-order valence-electron chi connectivity index (χ4n) is 1.05. The van der Waals surface area contributed by atoms with Crippen molar-refractivity contribution in [1.82, 2.24) is 0 Å². The minimum absolute atomic E-state index is 0.732. The molecule has 0 aromatic heterocycles. The van der Waals surface area contributed by atoms with E-state index in [-0.39, 0.29) is 0 Å². The fraction of sp³-hybridized carbons (Fsp3) is 0.333. The van der Waals surface area contributed by atoms with Crippen LogP contribution in [0.3, 0.4) is 0 Å². The average molecular weight is 229 g/mol. The van der Waals surface area contributed by atoms with Crippen LogP contribution in [-0.4, -0.2) is 6.54 Å². The third-order valence-electron chi connectivity index (χ3n) is 1.73. The van der Waals surface area contributed by atoms with Gasteiger partial charge in [0.25, 0.3) is 0 Å². The highest BCUT2D eigenvalue weighted by Gasteiger charge is 1.96. The van der Waals surface area contributed by atoms with Gasteiger partial charge in [0, 0.05) is 10.2 Å². The third kappa shape index (κ3) is 2.50. The van der Waals surface area contributed by atoms with Crippen LogP contribution in [0.15, 0.2) is 22.7 Å². The summed E-state index contributed by atoms with van der Waals surface area (Å²) in [5, 5.41) is 0. The zero-order chi connectivity index (χ0) is 8.97. The molecule has 0 aliphatic heterocycles. The van der Waals surface area contributed by atoms with Crippen LogP contribution in [0.5, 0.6) is 0 Å². The number of aryl methyl sites for hydroxylation is 1. The molecule has 3 heteroatoms. The molecule has 0 heterocycles. The number of hydrogen-bond donors (Lipinski definition) is 2. The predicted molar refractivity (Wildman–Crippen MR) is 55.9 cm³/mol. The Bertz CT molecular complexity index is 261. The molecule has 2 nitrogen and oxygen atoms in total. The summed E-state index contributed by atoms with van der Waals surface area (Å²) in [6, 6.07) is 6.02.